The molecule has 0 fully saturated rings. The third-order valence-corrected chi connectivity index (χ3v) is 4.88. The smallest absolute Gasteiger partial charge is 0.253 e. The summed E-state index contributed by atoms with van der Waals surface area (Å²) in [5.74, 6) is -0.0146. The van der Waals surface area contributed by atoms with Gasteiger partial charge in [0.2, 0.25) is 0 Å². The normalized spacial score (nSPS) is 11.0. The van der Waals surface area contributed by atoms with Crippen LogP contribution in [0.5, 0.6) is 0 Å². The lowest BCUT2D eigenvalue weighted by molar-refractivity contribution is 0.0780. The first-order chi connectivity index (χ1) is 13.6. The van der Waals surface area contributed by atoms with Crippen molar-refractivity contribution < 1.29 is 4.79 Å². The summed E-state index contributed by atoms with van der Waals surface area (Å²) in [6.07, 6.45) is 1.53. The second-order valence-electron chi connectivity index (χ2n) is 6.64. The van der Waals surface area contributed by atoms with Crippen LogP contribution in [0, 0.1) is 0 Å². The highest BCUT2D eigenvalue weighted by atomic mass is 16.2. The minimum Gasteiger partial charge on any atom is -0.340 e. The van der Waals surface area contributed by atoms with E-state index in [2.05, 4.69) is 34.3 Å². The highest BCUT2D eigenvalue weighted by molar-refractivity contribution is 5.96. The van der Waals surface area contributed by atoms with Gasteiger partial charge in [0, 0.05) is 25.7 Å². The molecular formula is C21H26N6O. The molecule has 0 aliphatic rings. The summed E-state index contributed by atoms with van der Waals surface area (Å²) in [4.78, 5) is 17.2. The molecule has 3 rings (SSSR count). The minimum atomic E-state index is -0.0146. The van der Waals surface area contributed by atoms with Crippen molar-refractivity contribution in [1.82, 2.24) is 30.0 Å². The number of amides is 1. The van der Waals surface area contributed by atoms with E-state index >= 15 is 0 Å². The van der Waals surface area contributed by atoms with Crippen LogP contribution in [0.3, 0.4) is 0 Å². The van der Waals surface area contributed by atoms with Crippen molar-refractivity contribution in [2.24, 2.45) is 0 Å². The van der Waals surface area contributed by atoms with Crippen LogP contribution < -0.4 is 0 Å². The maximum atomic E-state index is 13.1. The van der Waals surface area contributed by atoms with Crippen molar-refractivity contribution in [2.45, 2.75) is 13.8 Å². The van der Waals surface area contributed by atoms with Gasteiger partial charge in [-0.25, -0.2) is 4.68 Å². The molecule has 0 atom stereocenters. The summed E-state index contributed by atoms with van der Waals surface area (Å²) in [5.41, 5.74) is 3.37. The van der Waals surface area contributed by atoms with Crippen LogP contribution >= 0.6 is 0 Å². The molecule has 0 radical (unpaired) electrons. The molecule has 0 saturated carbocycles. The molecule has 1 aromatic heterocycles. The number of aromatic nitrogens is 4. The molecule has 7 nitrogen and oxygen atoms in total. The van der Waals surface area contributed by atoms with Crippen molar-refractivity contribution in [3.8, 4) is 16.8 Å². The van der Waals surface area contributed by atoms with Crippen LogP contribution in [0.4, 0.5) is 0 Å². The molecule has 0 aliphatic heterocycles. The number of carbonyl (C=O) groups excluding carboxylic acids is 1. The maximum absolute atomic E-state index is 13.1. The Morgan fingerprint density at radius 1 is 1.00 bits per heavy atom. The van der Waals surface area contributed by atoms with Gasteiger partial charge in [-0.2, -0.15) is 0 Å². The van der Waals surface area contributed by atoms with E-state index in [1.807, 2.05) is 55.6 Å². The average Bonchev–Trinajstić information content (AvgIpc) is 3.29. The first-order valence-corrected chi connectivity index (χ1v) is 9.54. The number of carbonyl (C=O) groups is 1. The lowest BCUT2D eigenvalue weighted by Crippen LogP contribution is -2.36. The summed E-state index contributed by atoms with van der Waals surface area (Å²) in [7, 11) is 1.84. The molecule has 7 heteroatoms. The maximum Gasteiger partial charge on any atom is 0.253 e. The van der Waals surface area contributed by atoms with Crippen LogP contribution in [0.15, 0.2) is 54.9 Å². The van der Waals surface area contributed by atoms with E-state index in [1.54, 1.807) is 9.58 Å². The quantitative estimate of drug-likeness (QED) is 0.603. The molecule has 1 amide bonds. The lowest BCUT2D eigenvalue weighted by atomic mass is 10.0. The van der Waals surface area contributed by atoms with Gasteiger partial charge in [0.1, 0.15) is 6.33 Å². The van der Waals surface area contributed by atoms with Crippen LogP contribution in [0.1, 0.15) is 24.2 Å². The molecule has 0 N–H and O–H groups in total. The third kappa shape index (κ3) is 4.61. The zero-order chi connectivity index (χ0) is 19.9. The summed E-state index contributed by atoms with van der Waals surface area (Å²) in [5, 5.41) is 11.4. The van der Waals surface area contributed by atoms with E-state index in [-0.39, 0.29) is 5.91 Å². The van der Waals surface area contributed by atoms with E-state index < -0.39 is 0 Å². The molecule has 1 heterocycles. The van der Waals surface area contributed by atoms with Gasteiger partial charge in [0.05, 0.1) is 5.69 Å². The molecule has 0 spiro atoms. The second-order valence-corrected chi connectivity index (χ2v) is 6.64. The van der Waals surface area contributed by atoms with Crippen LogP contribution in [-0.4, -0.2) is 69.1 Å². The highest BCUT2D eigenvalue weighted by Crippen LogP contribution is 2.24. The van der Waals surface area contributed by atoms with Gasteiger partial charge in [0.25, 0.3) is 5.91 Å². The Kier molecular flexibility index (Phi) is 6.49. The van der Waals surface area contributed by atoms with Crippen LogP contribution in [-0.2, 0) is 0 Å². The molecule has 0 aliphatic carbocycles. The Hall–Kier alpha value is -3.06. The van der Waals surface area contributed by atoms with Crippen molar-refractivity contribution in [1.29, 1.82) is 0 Å². The van der Waals surface area contributed by atoms with Gasteiger partial charge in [0.15, 0.2) is 0 Å². The van der Waals surface area contributed by atoms with Gasteiger partial charge in [-0.15, -0.1) is 5.10 Å². The minimum absolute atomic E-state index is 0.0146. The Labute approximate surface area is 165 Å². The fourth-order valence-electron chi connectivity index (χ4n) is 3.10. The van der Waals surface area contributed by atoms with Crippen molar-refractivity contribution in [2.75, 3.05) is 33.2 Å². The SMILES string of the molecule is CCN(CC)CCN(C)C(=O)c1cc(-c2ccccc2)cc(-n2cnnn2)c1. The monoisotopic (exact) mass is 378 g/mol. The fourth-order valence-corrected chi connectivity index (χ4v) is 3.10. The molecular weight excluding hydrogens is 352 g/mol. The molecule has 0 unspecified atom stereocenters. The lowest BCUT2D eigenvalue weighted by Gasteiger charge is -2.23. The first-order valence-electron chi connectivity index (χ1n) is 9.54. The predicted molar refractivity (Wildman–Crippen MR) is 109 cm³/mol. The van der Waals surface area contributed by atoms with E-state index in [9.17, 15) is 4.79 Å². The van der Waals surface area contributed by atoms with E-state index in [1.165, 1.54) is 6.33 Å². The molecule has 0 bridgehead atoms. The number of rotatable bonds is 8. The zero-order valence-corrected chi connectivity index (χ0v) is 16.6. The van der Waals surface area contributed by atoms with Crippen molar-refractivity contribution in [3.05, 3.63) is 60.4 Å². The largest absolute Gasteiger partial charge is 0.340 e. The van der Waals surface area contributed by atoms with Gasteiger partial charge < -0.3 is 9.80 Å². The topological polar surface area (TPSA) is 67.2 Å². The summed E-state index contributed by atoms with van der Waals surface area (Å²) >= 11 is 0. The van der Waals surface area contributed by atoms with Gasteiger partial charge in [-0.3, -0.25) is 4.79 Å². The fraction of sp³-hybridized carbons (Fsp3) is 0.333. The Morgan fingerprint density at radius 2 is 1.75 bits per heavy atom. The Balaban J connectivity index is 1.91. The molecule has 28 heavy (non-hydrogen) atoms. The number of hydrogen-bond donors (Lipinski definition) is 0. The van der Waals surface area contributed by atoms with Crippen LogP contribution in [0.2, 0.25) is 0 Å². The van der Waals surface area contributed by atoms with Crippen molar-refractivity contribution in [3.63, 3.8) is 0 Å². The number of likely N-dealkylation sites (N-methyl/N-ethyl adjacent to an activating group) is 2. The second kappa shape index (κ2) is 9.23. The highest BCUT2D eigenvalue weighted by Gasteiger charge is 2.16. The van der Waals surface area contributed by atoms with Gasteiger partial charge in [-0.05, 0) is 52.8 Å². The van der Waals surface area contributed by atoms with E-state index in [4.69, 9.17) is 0 Å². The van der Waals surface area contributed by atoms with Gasteiger partial charge >= 0.3 is 0 Å². The average molecular weight is 378 g/mol. The first kappa shape index (κ1) is 19.7. The third-order valence-electron chi connectivity index (χ3n) is 4.88. The van der Waals surface area contributed by atoms with Gasteiger partial charge in [-0.1, -0.05) is 44.2 Å². The molecule has 146 valence electrons. The summed E-state index contributed by atoms with van der Waals surface area (Å²) in [6, 6.07) is 15.7. The van der Waals surface area contributed by atoms with Crippen LogP contribution in [0.25, 0.3) is 16.8 Å². The Bertz CT molecular complexity index is 891. The molecule has 2 aromatic carbocycles. The number of benzene rings is 2. The standard InChI is InChI=1S/C21H26N6O/c1-4-26(5-2)12-11-25(3)21(28)19-13-18(17-9-7-6-8-10-17)14-20(15-19)27-16-22-23-24-27/h6-10,13-16H,4-5,11-12H2,1-3H3. The molecule has 0 saturated heterocycles. The summed E-state index contributed by atoms with van der Waals surface area (Å²) in [6.45, 7) is 7.75. The van der Waals surface area contributed by atoms with Crippen molar-refractivity contribution >= 4 is 5.91 Å². The Morgan fingerprint density at radius 3 is 2.39 bits per heavy atom. The number of tetrazole rings is 1. The van der Waals surface area contributed by atoms with E-state index in [0.29, 0.717) is 12.1 Å². The molecule has 3 aromatic rings. The number of nitrogens with zero attached hydrogens (tertiary/aromatic N) is 6. The zero-order valence-electron chi connectivity index (χ0n) is 16.6. The predicted octanol–water partition coefficient (Wildman–Crippen LogP) is 2.74. The van der Waals surface area contributed by atoms with E-state index in [0.717, 1.165) is 36.4 Å². The summed E-state index contributed by atoms with van der Waals surface area (Å²) < 4.78 is 1.57. The number of hydrogen-bond acceptors (Lipinski definition) is 5.